The van der Waals surface area contributed by atoms with E-state index in [1.807, 2.05) is 0 Å². The molecule has 0 N–H and O–H groups in total. The summed E-state index contributed by atoms with van der Waals surface area (Å²) >= 11 is 0. The quantitative estimate of drug-likeness (QED) is 0.519. The molecule has 0 aromatic carbocycles. The maximum atomic E-state index is 5.26. The van der Waals surface area contributed by atoms with E-state index in [0.29, 0.717) is 0 Å². The Balaban J connectivity index is 3.65. The van der Waals surface area contributed by atoms with Crippen molar-refractivity contribution in [3.8, 4) is 0 Å². The predicted molar refractivity (Wildman–Crippen MR) is 65.2 cm³/mol. The van der Waals surface area contributed by atoms with E-state index in [1.54, 1.807) is 14.2 Å². The minimum absolute atomic E-state index is 0.204. The van der Waals surface area contributed by atoms with Gasteiger partial charge in [0.05, 0.1) is 13.2 Å². The molecule has 92 valence electrons. The summed E-state index contributed by atoms with van der Waals surface area (Å²) in [6.07, 6.45) is 7.89. The Morgan fingerprint density at radius 3 is 1.87 bits per heavy atom. The van der Waals surface area contributed by atoms with Gasteiger partial charge in [0.15, 0.2) is 0 Å². The molecule has 0 aromatic heterocycles. The zero-order chi connectivity index (χ0) is 11.6. The fourth-order valence-corrected chi connectivity index (χ4v) is 2.04. The largest absolute Gasteiger partial charge is 0.384 e. The summed E-state index contributed by atoms with van der Waals surface area (Å²) in [5, 5.41) is 0. The summed E-state index contributed by atoms with van der Waals surface area (Å²) in [5.41, 5.74) is 0.204. The molecular weight excluding hydrogens is 188 g/mol. The van der Waals surface area contributed by atoms with Gasteiger partial charge in [-0.25, -0.2) is 0 Å². The van der Waals surface area contributed by atoms with Crippen LogP contribution in [0.2, 0.25) is 0 Å². The first kappa shape index (κ1) is 14.9. The lowest BCUT2D eigenvalue weighted by Crippen LogP contribution is -2.28. The van der Waals surface area contributed by atoms with Gasteiger partial charge in [-0.05, 0) is 6.42 Å². The highest BCUT2D eigenvalue weighted by Gasteiger charge is 2.23. The van der Waals surface area contributed by atoms with Crippen molar-refractivity contribution in [1.29, 1.82) is 0 Å². The second kappa shape index (κ2) is 9.17. The van der Waals surface area contributed by atoms with Gasteiger partial charge in [0.25, 0.3) is 0 Å². The van der Waals surface area contributed by atoms with Crippen LogP contribution in [0.15, 0.2) is 0 Å². The lowest BCUT2D eigenvalue weighted by atomic mass is 9.86. The lowest BCUT2D eigenvalue weighted by molar-refractivity contribution is 0.0151. The van der Waals surface area contributed by atoms with E-state index in [-0.39, 0.29) is 5.41 Å². The Bertz CT molecular complexity index is 128. The normalized spacial score (nSPS) is 12.0. The van der Waals surface area contributed by atoms with Gasteiger partial charge in [-0.3, -0.25) is 0 Å². The average Bonchev–Trinajstić information content (AvgIpc) is 2.18. The highest BCUT2D eigenvalue weighted by molar-refractivity contribution is 4.73. The Kier molecular flexibility index (Phi) is 9.12. The van der Waals surface area contributed by atoms with Crippen molar-refractivity contribution >= 4 is 0 Å². The topological polar surface area (TPSA) is 18.5 Å². The lowest BCUT2D eigenvalue weighted by Gasteiger charge is -2.27. The molecule has 0 rings (SSSR count). The van der Waals surface area contributed by atoms with Crippen molar-refractivity contribution in [1.82, 2.24) is 0 Å². The second-order valence-electron chi connectivity index (χ2n) is 4.84. The van der Waals surface area contributed by atoms with Crippen molar-refractivity contribution in [2.24, 2.45) is 5.41 Å². The summed E-state index contributed by atoms with van der Waals surface area (Å²) in [6, 6.07) is 0. The van der Waals surface area contributed by atoms with Gasteiger partial charge in [0.1, 0.15) is 0 Å². The monoisotopic (exact) mass is 216 g/mol. The molecule has 0 bridgehead atoms. The van der Waals surface area contributed by atoms with E-state index < -0.39 is 0 Å². The molecule has 0 aliphatic heterocycles. The van der Waals surface area contributed by atoms with Crippen molar-refractivity contribution in [2.45, 2.75) is 52.4 Å². The first-order valence-electron chi connectivity index (χ1n) is 6.16. The van der Waals surface area contributed by atoms with Crippen molar-refractivity contribution in [3.63, 3.8) is 0 Å². The molecule has 0 radical (unpaired) electrons. The molecule has 0 amide bonds. The van der Waals surface area contributed by atoms with Crippen LogP contribution in [0.5, 0.6) is 0 Å². The van der Waals surface area contributed by atoms with Gasteiger partial charge in [-0.2, -0.15) is 0 Å². The van der Waals surface area contributed by atoms with Crippen LogP contribution in [-0.4, -0.2) is 27.4 Å². The van der Waals surface area contributed by atoms with Gasteiger partial charge in [-0.15, -0.1) is 0 Å². The number of rotatable bonds is 10. The zero-order valence-electron chi connectivity index (χ0n) is 11.0. The molecular formula is C13H28O2. The van der Waals surface area contributed by atoms with Crippen LogP contribution in [0.4, 0.5) is 0 Å². The maximum absolute atomic E-state index is 5.26. The minimum Gasteiger partial charge on any atom is -0.384 e. The molecule has 0 saturated carbocycles. The van der Waals surface area contributed by atoms with Gasteiger partial charge in [-0.1, -0.05) is 46.0 Å². The highest BCUT2D eigenvalue weighted by atomic mass is 16.5. The first-order chi connectivity index (χ1) is 7.18. The van der Waals surface area contributed by atoms with Crippen molar-refractivity contribution in [3.05, 3.63) is 0 Å². The van der Waals surface area contributed by atoms with Crippen molar-refractivity contribution in [2.75, 3.05) is 27.4 Å². The SMILES string of the molecule is CCCCCCCC(C)(COC)COC. The highest BCUT2D eigenvalue weighted by Crippen LogP contribution is 2.25. The molecule has 2 heteroatoms. The Morgan fingerprint density at radius 2 is 1.40 bits per heavy atom. The number of unbranched alkanes of at least 4 members (excludes halogenated alkanes) is 4. The Morgan fingerprint density at radius 1 is 0.867 bits per heavy atom. The van der Waals surface area contributed by atoms with Gasteiger partial charge in [0, 0.05) is 19.6 Å². The summed E-state index contributed by atoms with van der Waals surface area (Å²) < 4.78 is 10.5. The predicted octanol–water partition coefficient (Wildman–Crippen LogP) is 3.65. The van der Waals surface area contributed by atoms with Gasteiger partial charge < -0.3 is 9.47 Å². The number of ether oxygens (including phenoxy) is 2. The standard InChI is InChI=1S/C13H28O2/c1-5-6-7-8-9-10-13(2,11-14-3)12-15-4/h5-12H2,1-4H3. The van der Waals surface area contributed by atoms with E-state index >= 15 is 0 Å². The Hall–Kier alpha value is -0.0800. The van der Waals surface area contributed by atoms with E-state index in [9.17, 15) is 0 Å². The molecule has 0 aliphatic carbocycles. The second-order valence-corrected chi connectivity index (χ2v) is 4.84. The number of hydrogen-bond donors (Lipinski definition) is 0. The molecule has 0 atom stereocenters. The third-order valence-corrected chi connectivity index (χ3v) is 2.87. The Labute approximate surface area is 95.3 Å². The fourth-order valence-electron chi connectivity index (χ4n) is 2.04. The molecule has 0 unspecified atom stereocenters. The zero-order valence-corrected chi connectivity index (χ0v) is 11.0. The smallest absolute Gasteiger partial charge is 0.0538 e. The van der Waals surface area contributed by atoms with Gasteiger partial charge >= 0.3 is 0 Å². The van der Waals surface area contributed by atoms with Crippen LogP contribution in [0, 0.1) is 5.41 Å². The van der Waals surface area contributed by atoms with Crippen LogP contribution in [0.25, 0.3) is 0 Å². The summed E-state index contributed by atoms with van der Waals surface area (Å²) in [6.45, 7) is 6.10. The van der Waals surface area contributed by atoms with Crippen molar-refractivity contribution < 1.29 is 9.47 Å². The van der Waals surface area contributed by atoms with E-state index in [0.717, 1.165) is 13.2 Å². The molecule has 0 spiro atoms. The van der Waals surface area contributed by atoms with Crippen LogP contribution in [-0.2, 0) is 9.47 Å². The minimum atomic E-state index is 0.204. The maximum Gasteiger partial charge on any atom is 0.0538 e. The average molecular weight is 216 g/mol. The fraction of sp³-hybridized carbons (Fsp3) is 1.00. The van der Waals surface area contributed by atoms with Crippen LogP contribution in [0.1, 0.15) is 52.4 Å². The number of hydrogen-bond acceptors (Lipinski definition) is 2. The number of methoxy groups -OCH3 is 2. The molecule has 0 saturated heterocycles. The van der Waals surface area contributed by atoms with E-state index in [2.05, 4.69) is 13.8 Å². The molecule has 0 aromatic rings. The van der Waals surface area contributed by atoms with Crippen LogP contribution in [0.3, 0.4) is 0 Å². The van der Waals surface area contributed by atoms with E-state index in [4.69, 9.17) is 9.47 Å². The summed E-state index contributed by atoms with van der Waals surface area (Å²) in [4.78, 5) is 0. The molecule has 0 heterocycles. The van der Waals surface area contributed by atoms with E-state index in [1.165, 1.54) is 38.5 Å². The molecule has 2 nitrogen and oxygen atoms in total. The molecule has 15 heavy (non-hydrogen) atoms. The van der Waals surface area contributed by atoms with Crippen LogP contribution >= 0.6 is 0 Å². The summed E-state index contributed by atoms with van der Waals surface area (Å²) in [7, 11) is 3.54. The third-order valence-electron chi connectivity index (χ3n) is 2.87. The third kappa shape index (κ3) is 7.80. The molecule has 0 aliphatic rings. The molecule has 0 fully saturated rings. The summed E-state index contributed by atoms with van der Waals surface area (Å²) in [5.74, 6) is 0. The van der Waals surface area contributed by atoms with Crippen LogP contribution < -0.4 is 0 Å². The first-order valence-corrected chi connectivity index (χ1v) is 6.16. The van der Waals surface area contributed by atoms with Gasteiger partial charge in [0.2, 0.25) is 0 Å².